The molecule has 1 aliphatic rings. The molecule has 24 heavy (non-hydrogen) atoms. The second kappa shape index (κ2) is 6.83. The van der Waals surface area contributed by atoms with Crippen LogP contribution in [0.4, 0.5) is 4.39 Å². The quantitative estimate of drug-likeness (QED) is 0.811. The van der Waals surface area contributed by atoms with Gasteiger partial charge in [-0.2, -0.15) is 0 Å². The molecule has 1 aliphatic heterocycles. The van der Waals surface area contributed by atoms with E-state index in [-0.39, 0.29) is 18.3 Å². The molecule has 0 fully saturated rings. The minimum absolute atomic E-state index is 0.260. The lowest BCUT2D eigenvalue weighted by molar-refractivity contribution is -0.141. The van der Waals surface area contributed by atoms with Crippen molar-refractivity contribution in [3.8, 4) is 0 Å². The lowest BCUT2D eigenvalue weighted by Gasteiger charge is -2.29. The van der Waals surface area contributed by atoms with E-state index in [4.69, 9.17) is 4.74 Å². The number of amides is 1. The zero-order valence-corrected chi connectivity index (χ0v) is 13.4. The van der Waals surface area contributed by atoms with Gasteiger partial charge in [0.15, 0.2) is 6.10 Å². The Hall–Kier alpha value is -2.69. The standard InChI is InChI=1S/C19H18FNO3/c1-2-21(12-13-6-5-8-15(20)10-13)18(22)17-11-14-7-3-4-9-16(14)19(23)24-17/h3-10,17H,2,11-12H2,1H3. The van der Waals surface area contributed by atoms with Gasteiger partial charge in [0.25, 0.3) is 5.91 Å². The van der Waals surface area contributed by atoms with E-state index in [1.165, 1.54) is 12.1 Å². The summed E-state index contributed by atoms with van der Waals surface area (Å²) >= 11 is 0. The van der Waals surface area contributed by atoms with Crippen molar-refractivity contribution in [2.75, 3.05) is 6.54 Å². The normalized spacial score (nSPS) is 16.2. The Kier molecular flexibility index (Phi) is 4.60. The van der Waals surface area contributed by atoms with Crippen molar-refractivity contribution < 1.29 is 18.7 Å². The van der Waals surface area contributed by atoms with Crippen LogP contribution in [-0.2, 0) is 22.5 Å². The lowest BCUT2D eigenvalue weighted by Crippen LogP contribution is -2.44. The number of hydrogen-bond donors (Lipinski definition) is 0. The Bertz CT molecular complexity index is 775. The van der Waals surface area contributed by atoms with E-state index in [1.807, 2.05) is 19.1 Å². The summed E-state index contributed by atoms with van der Waals surface area (Å²) in [5.41, 5.74) is 2.02. The van der Waals surface area contributed by atoms with E-state index in [0.29, 0.717) is 24.1 Å². The van der Waals surface area contributed by atoms with Crippen molar-refractivity contribution in [1.82, 2.24) is 4.90 Å². The molecule has 5 heteroatoms. The Morgan fingerprint density at radius 1 is 1.25 bits per heavy atom. The number of likely N-dealkylation sites (N-methyl/N-ethyl adjacent to an activating group) is 1. The van der Waals surface area contributed by atoms with E-state index in [1.54, 1.807) is 29.2 Å². The average Bonchev–Trinajstić information content (AvgIpc) is 2.59. The van der Waals surface area contributed by atoms with E-state index in [0.717, 1.165) is 5.56 Å². The van der Waals surface area contributed by atoms with Crippen LogP contribution in [0.15, 0.2) is 48.5 Å². The Morgan fingerprint density at radius 2 is 2.04 bits per heavy atom. The predicted molar refractivity (Wildman–Crippen MR) is 86.8 cm³/mol. The van der Waals surface area contributed by atoms with Crippen molar-refractivity contribution in [3.63, 3.8) is 0 Å². The van der Waals surface area contributed by atoms with Crippen LogP contribution in [0.5, 0.6) is 0 Å². The first-order valence-electron chi connectivity index (χ1n) is 7.90. The number of ether oxygens (including phenoxy) is 1. The third-order valence-electron chi connectivity index (χ3n) is 4.12. The third-order valence-corrected chi connectivity index (χ3v) is 4.12. The van der Waals surface area contributed by atoms with Crippen LogP contribution in [0.1, 0.15) is 28.4 Å². The van der Waals surface area contributed by atoms with Crippen LogP contribution in [0, 0.1) is 5.82 Å². The number of nitrogens with zero attached hydrogens (tertiary/aromatic N) is 1. The smallest absolute Gasteiger partial charge is 0.339 e. The van der Waals surface area contributed by atoms with Crippen LogP contribution >= 0.6 is 0 Å². The molecule has 0 spiro atoms. The second-order valence-electron chi connectivity index (χ2n) is 5.74. The molecule has 2 aromatic carbocycles. The fraction of sp³-hybridized carbons (Fsp3) is 0.263. The minimum Gasteiger partial charge on any atom is -0.448 e. The number of hydrogen-bond acceptors (Lipinski definition) is 3. The molecule has 0 aliphatic carbocycles. The van der Waals surface area contributed by atoms with Gasteiger partial charge >= 0.3 is 5.97 Å². The molecular weight excluding hydrogens is 309 g/mol. The molecule has 2 aromatic rings. The molecule has 4 nitrogen and oxygen atoms in total. The van der Waals surface area contributed by atoms with Gasteiger partial charge in [-0.25, -0.2) is 9.18 Å². The van der Waals surface area contributed by atoms with Gasteiger partial charge in [0.2, 0.25) is 0 Å². The summed E-state index contributed by atoms with van der Waals surface area (Å²) in [5.74, 6) is -1.07. The minimum atomic E-state index is -0.832. The highest BCUT2D eigenvalue weighted by atomic mass is 19.1. The number of fused-ring (bicyclic) bond motifs is 1. The summed E-state index contributed by atoms with van der Waals surface area (Å²) in [7, 11) is 0. The number of carbonyl (C=O) groups excluding carboxylic acids is 2. The van der Waals surface area contributed by atoms with Gasteiger partial charge in [0.05, 0.1) is 5.56 Å². The van der Waals surface area contributed by atoms with Crippen LogP contribution in [-0.4, -0.2) is 29.4 Å². The molecule has 0 saturated carbocycles. The number of cyclic esters (lactones) is 1. The molecular formula is C19H18FNO3. The molecule has 0 bridgehead atoms. The fourth-order valence-electron chi connectivity index (χ4n) is 2.87. The van der Waals surface area contributed by atoms with Crippen LogP contribution in [0.3, 0.4) is 0 Å². The Morgan fingerprint density at radius 3 is 2.79 bits per heavy atom. The van der Waals surface area contributed by atoms with Crippen LogP contribution < -0.4 is 0 Å². The highest BCUT2D eigenvalue weighted by Gasteiger charge is 2.33. The summed E-state index contributed by atoms with van der Waals surface area (Å²) in [6.07, 6.45) is -0.471. The van der Waals surface area contributed by atoms with E-state index >= 15 is 0 Å². The molecule has 0 N–H and O–H groups in total. The summed E-state index contributed by atoms with van der Waals surface area (Å²) < 4.78 is 18.6. The number of rotatable bonds is 4. The maximum absolute atomic E-state index is 13.3. The number of halogens is 1. The SMILES string of the molecule is CCN(Cc1cccc(F)c1)C(=O)C1Cc2ccccc2C(=O)O1. The topological polar surface area (TPSA) is 46.6 Å². The molecule has 1 unspecified atom stereocenters. The summed E-state index contributed by atoms with van der Waals surface area (Å²) in [6, 6.07) is 13.3. The van der Waals surface area contributed by atoms with Gasteiger partial charge in [-0.3, -0.25) is 4.79 Å². The summed E-state index contributed by atoms with van der Waals surface area (Å²) in [5, 5.41) is 0. The molecule has 1 heterocycles. The van der Waals surface area contributed by atoms with Gasteiger partial charge in [-0.05, 0) is 36.2 Å². The van der Waals surface area contributed by atoms with Crippen LogP contribution in [0.2, 0.25) is 0 Å². The molecule has 0 saturated heterocycles. The van der Waals surface area contributed by atoms with Gasteiger partial charge < -0.3 is 9.64 Å². The molecule has 1 atom stereocenters. The third kappa shape index (κ3) is 3.30. The van der Waals surface area contributed by atoms with Gasteiger partial charge in [-0.1, -0.05) is 30.3 Å². The van der Waals surface area contributed by atoms with Crippen molar-refractivity contribution >= 4 is 11.9 Å². The van der Waals surface area contributed by atoms with Crippen LogP contribution in [0.25, 0.3) is 0 Å². The average molecular weight is 327 g/mol. The first kappa shape index (κ1) is 16.2. The fourth-order valence-corrected chi connectivity index (χ4v) is 2.87. The van der Waals surface area contributed by atoms with Gasteiger partial charge in [-0.15, -0.1) is 0 Å². The maximum atomic E-state index is 13.3. The largest absolute Gasteiger partial charge is 0.448 e. The van der Waals surface area contributed by atoms with Crippen molar-refractivity contribution in [2.45, 2.75) is 26.0 Å². The van der Waals surface area contributed by atoms with Crippen molar-refractivity contribution in [1.29, 1.82) is 0 Å². The number of benzene rings is 2. The predicted octanol–water partition coefficient (Wildman–Crippen LogP) is 2.96. The molecule has 3 rings (SSSR count). The van der Waals surface area contributed by atoms with Crippen molar-refractivity contribution in [3.05, 3.63) is 71.0 Å². The first-order chi connectivity index (χ1) is 11.6. The molecule has 0 radical (unpaired) electrons. The molecule has 1 amide bonds. The Labute approximate surface area is 139 Å². The monoisotopic (exact) mass is 327 g/mol. The van der Waals surface area contributed by atoms with E-state index in [9.17, 15) is 14.0 Å². The lowest BCUT2D eigenvalue weighted by atomic mass is 9.98. The second-order valence-corrected chi connectivity index (χ2v) is 5.74. The maximum Gasteiger partial charge on any atom is 0.339 e. The van der Waals surface area contributed by atoms with E-state index < -0.39 is 12.1 Å². The highest BCUT2D eigenvalue weighted by molar-refractivity contribution is 5.95. The zero-order chi connectivity index (χ0) is 17.1. The Balaban J connectivity index is 1.76. The first-order valence-corrected chi connectivity index (χ1v) is 7.90. The zero-order valence-electron chi connectivity index (χ0n) is 13.4. The van der Waals surface area contributed by atoms with Crippen molar-refractivity contribution in [2.24, 2.45) is 0 Å². The van der Waals surface area contributed by atoms with E-state index in [2.05, 4.69) is 0 Å². The van der Waals surface area contributed by atoms with Gasteiger partial charge in [0.1, 0.15) is 5.82 Å². The van der Waals surface area contributed by atoms with Gasteiger partial charge in [0, 0.05) is 19.5 Å². The summed E-state index contributed by atoms with van der Waals surface area (Å²) in [6.45, 7) is 2.57. The molecule has 0 aromatic heterocycles. The summed E-state index contributed by atoms with van der Waals surface area (Å²) in [4.78, 5) is 26.4. The number of esters is 1. The highest BCUT2D eigenvalue weighted by Crippen LogP contribution is 2.22. The molecule has 124 valence electrons. The number of carbonyl (C=O) groups is 2.